The van der Waals surface area contributed by atoms with E-state index in [1.807, 2.05) is 29.6 Å². The molecule has 4 rings (SSSR count). The summed E-state index contributed by atoms with van der Waals surface area (Å²) >= 11 is 1.65. The van der Waals surface area contributed by atoms with Crippen LogP contribution in [0.5, 0.6) is 5.75 Å². The standard InChI is InChI=1S/C18H21N3O2S/c1-21(14-8-9-14)18-19-13(11-24-18)10-23-16-5-3-2-4-15(16)20-17(22)12-6-7-12/h2-5,11-12,14H,6-10H2,1H3,(H,20,22). The first-order valence-corrected chi connectivity index (χ1v) is 9.28. The van der Waals surface area contributed by atoms with E-state index in [2.05, 4.69) is 22.2 Å². The van der Waals surface area contributed by atoms with Crippen molar-refractivity contribution in [1.82, 2.24) is 4.98 Å². The van der Waals surface area contributed by atoms with Crippen LogP contribution in [-0.2, 0) is 11.4 Å². The molecule has 2 fully saturated rings. The second-order valence-electron chi connectivity index (χ2n) is 6.51. The molecule has 24 heavy (non-hydrogen) atoms. The van der Waals surface area contributed by atoms with Crippen LogP contribution in [0.2, 0.25) is 0 Å². The number of carbonyl (C=O) groups is 1. The van der Waals surface area contributed by atoms with Crippen molar-refractivity contribution in [3.05, 3.63) is 35.3 Å². The Balaban J connectivity index is 1.39. The fourth-order valence-electron chi connectivity index (χ4n) is 2.57. The zero-order valence-corrected chi connectivity index (χ0v) is 14.5. The minimum Gasteiger partial charge on any atom is -0.485 e. The molecule has 1 amide bonds. The minimum absolute atomic E-state index is 0.0908. The highest BCUT2D eigenvalue weighted by molar-refractivity contribution is 7.13. The van der Waals surface area contributed by atoms with Gasteiger partial charge in [0.1, 0.15) is 12.4 Å². The smallest absolute Gasteiger partial charge is 0.227 e. The van der Waals surface area contributed by atoms with Crippen LogP contribution < -0.4 is 15.0 Å². The lowest BCUT2D eigenvalue weighted by molar-refractivity contribution is -0.117. The van der Waals surface area contributed by atoms with Crippen molar-refractivity contribution in [2.75, 3.05) is 17.3 Å². The van der Waals surface area contributed by atoms with E-state index in [1.54, 1.807) is 11.3 Å². The van der Waals surface area contributed by atoms with Gasteiger partial charge in [-0.25, -0.2) is 4.98 Å². The number of para-hydroxylation sites is 2. The summed E-state index contributed by atoms with van der Waals surface area (Å²) in [6, 6.07) is 8.23. The third-order valence-corrected chi connectivity index (χ3v) is 5.38. The lowest BCUT2D eigenvalue weighted by atomic mass is 10.2. The number of rotatable bonds is 7. The molecule has 2 aromatic rings. The van der Waals surface area contributed by atoms with Crippen molar-refractivity contribution in [3.63, 3.8) is 0 Å². The van der Waals surface area contributed by atoms with Crippen molar-refractivity contribution in [1.29, 1.82) is 0 Å². The Hall–Kier alpha value is -2.08. The summed E-state index contributed by atoms with van der Waals surface area (Å²) in [5, 5.41) is 6.05. The van der Waals surface area contributed by atoms with Crippen molar-refractivity contribution in [2.45, 2.75) is 38.3 Å². The summed E-state index contributed by atoms with van der Waals surface area (Å²) in [5.74, 6) is 0.960. The van der Waals surface area contributed by atoms with Crippen LogP contribution in [0.15, 0.2) is 29.6 Å². The molecule has 2 aliphatic rings. The second-order valence-corrected chi connectivity index (χ2v) is 7.35. The van der Waals surface area contributed by atoms with Gasteiger partial charge >= 0.3 is 0 Å². The maximum atomic E-state index is 12.0. The quantitative estimate of drug-likeness (QED) is 0.833. The number of thiazole rings is 1. The molecular weight excluding hydrogens is 322 g/mol. The summed E-state index contributed by atoms with van der Waals surface area (Å²) in [6.45, 7) is 0.408. The monoisotopic (exact) mass is 343 g/mol. The highest BCUT2D eigenvalue weighted by atomic mass is 32.1. The fraction of sp³-hybridized carbons (Fsp3) is 0.444. The van der Waals surface area contributed by atoms with E-state index < -0.39 is 0 Å². The van der Waals surface area contributed by atoms with Crippen LogP contribution in [0.25, 0.3) is 0 Å². The molecule has 2 saturated carbocycles. The van der Waals surface area contributed by atoms with E-state index in [0.717, 1.165) is 29.4 Å². The van der Waals surface area contributed by atoms with Gasteiger partial charge in [0.25, 0.3) is 0 Å². The Bertz CT molecular complexity index is 737. The molecule has 1 aromatic carbocycles. The van der Waals surface area contributed by atoms with Crippen LogP contribution in [0.3, 0.4) is 0 Å². The molecule has 0 saturated heterocycles. The number of anilines is 2. The summed E-state index contributed by atoms with van der Waals surface area (Å²) in [6.07, 6.45) is 4.50. The summed E-state index contributed by atoms with van der Waals surface area (Å²) in [5.41, 5.74) is 1.66. The number of amides is 1. The number of benzene rings is 1. The number of nitrogens with zero attached hydrogens (tertiary/aromatic N) is 2. The number of hydrogen-bond donors (Lipinski definition) is 1. The zero-order valence-electron chi connectivity index (χ0n) is 13.7. The lowest BCUT2D eigenvalue weighted by Gasteiger charge is -2.14. The van der Waals surface area contributed by atoms with Gasteiger partial charge in [-0.15, -0.1) is 11.3 Å². The van der Waals surface area contributed by atoms with Gasteiger partial charge in [-0.05, 0) is 37.8 Å². The fourth-order valence-corrected chi connectivity index (χ4v) is 3.42. The van der Waals surface area contributed by atoms with Crippen molar-refractivity contribution in [2.24, 2.45) is 5.92 Å². The molecule has 1 heterocycles. The molecule has 126 valence electrons. The summed E-state index contributed by atoms with van der Waals surface area (Å²) in [4.78, 5) is 18.9. The molecule has 2 aliphatic carbocycles. The molecule has 6 heteroatoms. The van der Waals surface area contributed by atoms with Crippen molar-refractivity contribution >= 4 is 28.1 Å². The van der Waals surface area contributed by atoms with Gasteiger partial charge in [-0.1, -0.05) is 12.1 Å². The van der Waals surface area contributed by atoms with Crippen LogP contribution in [0, 0.1) is 5.92 Å². The molecule has 0 radical (unpaired) electrons. The van der Waals surface area contributed by atoms with Crippen molar-refractivity contribution < 1.29 is 9.53 Å². The number of nitrogens with one attached hydrogen (secondary N) is 1. The topological polar surface area (TPSA) is 54.5 Å². The predicted octanol–water partition coefficient (Wildman–Crippen LogP) is 3.67. The van der Waals surface area contributed by atoms with Gasteiger partial charge in [0, 0.05) is 24.4 Å². The molecule has 5 nitrogen and oxygen atoms in total. The lowest BCUT2D eigenvalue weighted by Crippen LogP contribution is -2.19. The van der Waals surface area contributed by atoms with Gasteiger partial charge in [0.05, 0.1) is 11.4 Å². The largest absolute Gasteiger partial charge is 0.485 e. The van der Waals surface area contributed by atoms with E-state index in [4.69, 9.17) is 4.74 Å². The number of aromatic nitrogens is 1. The number of carbonyl (C=O) groups excluding carboxylic acids is 1. The second kappa shape index (κ2) is 6.43. The number of ether oxygens (including phenoxy) is 1. The maximum Gasteiger partial charge on any atom is 0.227 e. The van der Waals surface area contributed by atoms with E-state index in [-0.39, 0.29) is 11.8 Å². The minimum atomic E-state index is 0.0908. The molecule has 0 unspecified atom stereocenters. The highest BCUT2D eigenvalue weighted by Crippen LogP contribution is 2.34. The predicted molar refractivity (Wildman–Crippen MR) is 95.7 cm³/mol. The molecule has 0 atom stereocenters. The van der Waals surface area contributed by atoms with E-state index >= 15 is 0 Å². The van der Waals surface area contributed by atoms with Gasteiger partial charge in [0.2, 0.25) is 5.91 Å². The van der Waals surface area contributed by atoms with Crippen LogP contribution >= 0.6 is 11.3 Å². The Kier molecular flexibility index (Phi) is 4.14. The summed E-state index contributed by atoms with van der Waals surface area (Å²) in [7, 11) is 2.10. The molecule has 0 bridgehead atoms. The van der Waals surface area contributed by atoms with Crippen LogP contribution in [0.4, 0.5) is 10.8 Å². The molecule has 0 aliphatic heterocycles. The van der Waals surface area contributed by atoms with Crippen molar-refractivity contribution in [3.8, 4) is 5.75 Å². The molecule has 1 aromatic heterocycles. The maximum absolute atomic E-state index is 12.0. The molecule has 1 N–H and O–H groups in total. The first-order chi connectivity index (χ1) is 11.7. The third-order valence-electron chi connectivity index (χ3n) is 4.40. The van der Waals surface area contributed by atoms with Crippen LogP contribution in [0.1, 0.15) is 31.4 Å². The van der Waals surface area contributed by atoms with E-state index in [0.29, 0.717) is 18.4 Å². The van der Waals surface area contributed by atoms with Gasteiger partial charge in [-0.3, -0.25) is 4.79 Å². The Morgan fingerprint density at radius 3 is 2.88 bits per heavy atom. The first kappa shape index (κ1) is 15.4. The molecular formula is C18H21N3O2S. The first-order valence-electron chi connectivity index (χ1n) is 8.40. The zero-order chi connectivity index (χ0) is 16.5. The number of hydrogen-bond acceptors (Lipinski definition) is 5. The average molecular weight is 343 g/mol. The van der Waals surface area contributed by atoms with Gasteiger partial charge in [0.15, 0.2) is 5.13 Å². The van der Waals surface area contributed by atoms with E-state index in [1.165, 1.54) is 12.8 Å². The Morgan fingerprint density at radius 1 is 1.33 bits per heavy atom. The van der Waals surface area contributed by atoms with Gasteiger partial charge in [-0.2, -0.15) is 0 Å². The normalized spacial score (nSPS) is 16.7. The summed E-state index contributed by atoms with van der Waals surface area (Å²) < 4.78 is 5.90. The average Bonchev–Trinajstić information content (AvgIpc) is 3.50. The third kappa shape index (κ3) is 3.53. The molecule has 0 spiro atoms. The van der Waals surface area contributed by atoms with Gasteiger partial charge < -0.3 is 15.0 Å². The Labute approximate surface area is 145 Å². The SMILES string of the molecule is CN(c1nc(COc2ccccc2NC(=O)C2CC2)cs1)C1CC1. The highest BCUT2D eigenvalue weighted by Gasteiger charge is 2.30. The van der Waals surface area contributed by atoms with E-state index in [9.17, 15) is 4.79 Å². The Morgan fingerprint density at radius 2 is 2.12 bits per heavy atom. The van der Waals surface area contributed by atoms with Crippen LogP contribution in [-0.4, -0.2) is 24.0 Å².